The van der Waals surface area contributed by atoms with E-state index in [-0.39, 0.29) is 11.2 Å². The lowest BCUT2D eigenvalue weighted by molar-refractivity contribution is 0.821. The molecule has 0 fully saturated rings. The van der Waals surface area contributed by atoms with Crippen LogP contribution in [-0.4, -0.2) is 19.5 Å². The maximum atomic E-state index is 11.2. The zero-order valence-electron chi connectivity index (χ0n) is 7.20. The number of aromatic nitrogens is 4. The van der Waals surface area contributed by atoms with E-state index in [9.17, 15) is 14.4 Å². The summed E-state index contributed by atoms with van der Waals surface area (Å²) >= 11 is 0. The standard InChI is InChI=1S/C7H6N4O3/c1-11-5-4(6(13)10-7(11)14)8-2-3(12)9-5/h2H,1H3,(H,9,12)(H,10,13,14). The van der Waals surface area contributed by atoms with Crippen LogP contribution in [0.25, 0.3) is 11.2 Å². The average Bonchev–Trinajstić information content (AvgIpc) is 2.14. The van der Waals surface area contributed by atoms with E-state index in [1.807, 2.05) is 0 Å². The Hall–Kier alpha value is -2.18. The monoisotopic (exact) mass is 194 g/mol. The number of nitrogens with one attached hydrogen (secondary N) is 2. The summed E-state index contributed by atoms with van der Waals surface area (Å²) in [7, 11) is 1.43. The van der Waals surface area contributed by atoms with Crippen molar-refractivity contribution in [2.45, 2.75) is 0 Å². The second kappa shape index (κ2) is 2.66. The fourth-order valence-corrected chi connectivity index (χ4v) is 1.14. The molecule has 0 aliphatic heterocycles. The summed E-state index contributed by atoms with van der Waals surface area (Å²) in [6.45, 7) is 0. The fraction of sp³-hybridized carbons (Fsp3) is 0.143. The van der Waals surface area contributed by atoms with E-state index in [1.54, 1.807) is 0 Å². The Balaban J connectivity index is 3.19. The molecule has 72 valence electrons. The zero-order valence-corrected chi connectivity index (χ0v) is 7.20. The average molecular weight is 194 g/mol. The first-order valence-corrected chi connectivity index (χ1v) is 3.78. The Morgan fingerprint density at radius 2 is 2.00 bits per heavy atom. The maximum Gasteiger partial charge on any atom is 0.329 e. The lowest BCUT2D eigenvalue weighted by Gasteiger charge is -2.00. The van der Waals surface area contributed by atoms with Gasteiger partial charge in [-0.05, 0) is 0 Å². The Bertz CT molecular complexity index is 663. The van der Waals surface area contributed by atoms with Crippen molar-refractivity contribution in [1.29, 1.82) is 0 Å². The number of nitrogens with zero attached hydrogens (tertiary/aromatic N) is 2. The largest absolute Gasteiger partial charge is 0.329 e. The van der Waals surface area contributed by atoms with E-state index < -0.39 is 16.8 Å². The zero-order chi connectivity index (χ0) is 10.3. The minimum absolute atomic E-state index is 0.0340. The van der Waals surface area contributed by atoms with E-state index in [0.717, 1.165) is 10.8 Å². The first-order chi connectivity index (χ1) is 6.59. The second-order valence-corrected chi connectivity index (χ2v) is 2.76. The molecule has 0 saturated carbocycles. The van der Waals surface area contributed by atoms with Gasteiger partial charge >= 0.3 is 5.69 Å². The molecule has 0 spiro atoms. The molecule has 0 aliphatic rings. The van der Waals surface area contributed by atoms with Crippen LogP contribution in [0, 0.1) is 0 Å². The van der Waals surface area contributed by atoms with Crippen LogP contribution in [0.4, 0.5) is 0 Å². The van der Waals surface area contributed by atoms with Gasteiger partial charge in [-0.2, -0.15) is 0 Å². The maximum absolute atomic E-state index is 11.2. The molecule has 0 radical (unpaired) electrons. The predicted octanol–water partition coefficient (Wildman–Crippen LogP) is -1.69. The summed E-state index contributed by atoms with van der Waals surface area (Å²) in [5, 5.41) is 0. The molecule has 0 aromatic carbocycles. The third-order valence-electron chi connectivity index (χ3n) is 1.85. The summed E-state index contributed by atoms with van der Waals surface area (Å²) < 4.78 is 1.12. The summed E-state index contributed by atoms with van der Waals surface area (Å²) in [5.41, 5.74) is -1.51. The molecule has 7 heteroatoms. The molecular weight excluding hydrogens is 188 g/mol. The van der Waals surface area contributed by atoms with Crippen LogP contribution >= 0.6 is 0 Å². The van der Waals surface area contributed by atoms with Gasteiger partial charge in [0.05, 0.1) is 6.20 Å². The van der Waals surface area contributed by atoms with Crippen molar-refractivity contribution in [2.75, 3.05) is 0 Å². The van der Waals surface area contributed by atoms with E-state index >= 15 is 0 Å². The van der Waals surface area contributed by atoms with Crippen LogP contribution in [-0.2, 0) is 7.05 Å². The van der Waals surface area contributed by atoms with Crippen molar-refractivity contribution in [2.24, 2.45) is 7.05 Å². The molecule has 0 saturated heterocycles. The Kier molecular flexibility index (Phi) is 1.60. The van der Waals surface area contributed by atoms with E-state index in [1.165, 1.54) is 7.05 Å². The number of hydrogen-bond acceptors (Lipinski definition) is 4. The van der Waals surface area contributed by atoms with Gasteiger partial charge in [0.2, 0.25) is 0 Å². The minimum Gasteiger partial charge on any atom is -0.305 e. The van der Waals surface area contributed by atoms with Crippen LogP contribution in [0.2, 0.25) is 0 Å². The van der Waals surface area contributed by atoms with Crippen LogP contribution in [0.15, 0.2) is 20.6 Å². The van der Waals surface area contributed by atoms with Crippen molar-refractivity contribution >= 4 is 11.2 Å². The highest BCUT2D eigenvalue weighted by molar-refractivity contribution is 5.67. The van der Waals surface area contributed by atoms with Gasteiger partial charge in [0.15, 0.2) is 5.52 Å². The fourth-order valence-electron chi connectivity index (χ4n) is 1.14. The summed E-state index contributed by atoms with van der Waals surface area (Å²) in [6, 6.07) is 0. The van der Waals surface area contributed by atoms with Crippen LogP contribution in [0.3, 0.4) is 0 Å². The Morgan fingerprint density at radius 3 is 2.71 bits per heavy atom. The molecule has 2 aromatic heterocycles. The van der Waals surface area contributed by atoms with Crippen molar-refractivity contribution in [3.05, 3.63) is 37.4 Å². The number of fused-ring (bicyclic) bond motifs is 1. The van der Waals surface area contributed by atoms with Crippen molar-refractivity contribution in [3.63, 3.8) is 0 Å². The lowest BCUT2D eigenvalue weighted by atomic mass is 10.5. The number of rotatable bonds is 0. The number of H-pyrrole nitrogens is 2. The van der Waals surface area contributed by atoms with Gasteiger partial charge in [-0.15, -0.1) is 0 Å². The van der Waals surface area contributed by atoms with Crippen LogP contribution < -0.4 is 16.8 Å². The van der Waals surface area contributed by atoms with Gasteiger partial charge in [0, 0.05) is 7.05 Å². The quantitative estimate of drug-likeness (QED) is 0.522. The van der Waals surface area contributed by atoms with Crippen molar-refractivity contribution in [3.8, 4) is 0 Å². The Morgan fingerprint density at radius 1 is 1.29 bits per heavy atom. The normalized spacial score (nSPS) is 10.6. The highest BCUT2D eigenvalue weighted by atomic mass is 16.2. The molecule has 0 aliphatic carbocycles. The van der Waals surface area contributed by atoms with Crippen molar-refractivity contribution in [1.82, 2.24) is 19.5 Å². The molecular formula is C7H6N4O3. The second-order valence-electron chi connectivity index (χ2n) is 2.76. The summed E-state index contributed by atoms with van der Waals surface area (Å²) in [6.07, 6.45) is 0.988. The molecule has 7 nitrogen and oxygen atoms in total. The number of aryl methyl sites for hydroxylation is 1. The third-order valence-corrected chi connectivity index (χ3v) is 1.85. The van der Waals surface area contributed by atoms with Crippen LogP contribution in [0.5, 0.6) is 0 Å². The van der Waals surface area contributed by atoms with E-state index in [0.29, 0.717) is 0 Å². The highest BCUT2D eigenvalue weighted by Crippen LogP contribution is 1.93. The van der Waals surface area contributed by atoms with Gasteiger partial charge in [-0.25, -0.2) is 9.78 Å². The highest BCUT2D eigenvalue weighted by Gasteiger charge is 2.05. The molecule has 2 heterocycles. The molecule has 14 heavy (non-hydrogen) atoms. The minimum atomic E-state index is -0.612. The number of hydrogen-bond donors (Lipinski definition) is 2. The van der Waals surface area contributed by atoms with Crippen molar-refractivity contribution < 1.29 is 0 Å². The molecule has 2 rings (SSSR count). The van der Waals surface area contributed by atoms with Gasteiger partial charge in [-0.1, -0.05) is 0 Å². The smallest absolute Gasteiger partial charge is 0.305 e. The molecule has 0 atom stereocenters. The molecule has 0 amide bonds. The summed E-state index contributed by atoms with van der Waals surface area (Å²) in [5.74, 6) is 0. The molecule has 2 aromatic rings. The van der Waals surface area contributed by atoms with Gasteiger partial charge in [-0.3, -0.25) is 19.1 Å². The third kappa shape index (κ3) is 1.06. The van der Waals surface area contributed by atoms with Gasteiger partial charge < -0.3 is 4.98 Å². The van der Waals surface area contributed by atoms with Gasteiger partial charge in [0.1, 0.15) is 5.65 Å². The topological polar surface area (TPSA) is 101 Å². The lowest BCUT2D eigenvalue weighted by Crippen LogP contribution is -2.30. The van der Waals surface area contributed by atoms with E-state index in [4.69, 9.17) is 0 Å². The first kappa shape index (κ1) is 8.42. The van der Waals surface area contributed by atoms with Crippen LogP contribution in [0.1, 0.15) is 0 Å². The van der Waals surface area contributed by atoms with Gasteiger partial charge in [0.25, 0.3) is 11.1 Å². The molecule has 0 unspecified atom stereocenters. The molecule has 2 N–H and O–H groups in total. The SMILES string of the molecule is Cn1c(=O)[nH]c(=O)c2ncc(=O)[nH]c21. The molecule has 0 bridgehead atoms. The Labute approximate surface area is 76.1 Å². The first-order valence-electron chi connectivity index (χ1n) is 3.78. The predicted molar refractivity (Wildman–Crippen MR) is 48.2 cm³/mol. The van der Waals surface area contributed by atoms with E-state index in [2.05, 4.69) is 15.0 Å². The number of aromatic amines is 2. The summed E-state index contributed by atoms with van der Waals surface area (Å²) in [4.78, 5) is 41.3.